The van der Waals surface area contributed by atoms with Gasteiger partial charge < -0.3 is 20.9 Å². The van der Waals surface area contributed by atoms with Crippen LogP contribution in [0.3, 0.4) is 0 Å². The van der Waals surface area contributed by atoms with Crippen molar-refractivity contribution in [2.75, 3.05) is 25.5 Å². The summed E-state index contributed by atoms with van der Waals surface area (Å²) < 4.78 is 5.19. The number of hydrogen-bond donors (Lipinski definition) is 3. The summed E-state index contributed by atoms with van der Waals surface area (Å²) >= 11 is 0. The van der Waals surface area contributed by atoms with E-state index in [2.05, 4.69) is 5.32 Å². The molecule has 20 heavy (non-hydrogen) atoms. The first-order chi connectivity index (χ1) is 9.55. The maximum absolute atomic E-state index is 12.1. The highest BCUT2D eigenvalue weighted by atomic mass is 16.5. The highest BCUT2D eigenvalue weighted by Crippen LogP contribution is 2.30. The molecule has 0 aliphatic carbocycles. The van der Waals surface area contributed by atoms with E-state index in [9.17, 15) is 14.7 Å². The molecule has 1 saturated heterocycles. The molecule has 6 nitrogen and oxygen atoms in total. The lowest BCUT2D eigenvalue weighted by Crippen LogP contribution is -2.46. The van der Waals surface area contributed by atoms with Crippen molar-refractivity contribution in [3.05, 3.63) is 29.8 Å². The van der Waals surface area contributed by atoms with Crippen LogP contribution in [0.1, 0.15) is 23.2 Å². The molecule has 1 amide bonds. The molecule has 1 heterocycles. The number of nitrogens with one attached hydrogen (secondary N) is 1. The SMILES string of the molecule is Nc1ccccc1C(=O)NCC1(C(=O)O)CCOCC1. The quantitative estimate of drug-likeness (QED) is 0.710. The van der Waals surface area contributed by atoms with E-state index in [1.54, 1.807) is 24.3 Å². The molecule has 0 aromatic heterocycles. The van der Waals surface area contributed by atoms with Crippen LogP contribution in [0.15, 0.2) is 24.3 Å². The predicted molar refractivity (Wildman–Crippen MR) is 73.3 cm³/mol. The van der Waals surface area contributed by atoms with Crippen molar-refractivity contribution >= 4 is 17.6 Å². The molecule has 0 radical (unpaired) electrons. The fourth-order valence-electron chi connectivity index (χ4n) is 2.28. The van der Waals surface area contributed by atoms with Gasteiger partial charge in [-0.3, -0.25) is 9.59 Å². The summed E-state index contributed by atoms with van der Waals surface area (Å²) in [6.07, 6.45) is 0.791. The third kappa shape index (κ3) is 2.91. The van der Waals surface area contributed by atoms with Crippen molar-refractivity contribution in [1.29, 1.82) is 0 Å². The highest BCUT2D eigenvalue weighted by molar-refractivity contribution is 5.99. The van der Waals surface area contributed by atoms with Crippen LogP contribution in [0.25, 0.3) is 0 Å². The van der Waals surface area contributed by atoms with Crippen LogP contribution in [0.2, 0.25) is 0 Å². The van der Waals surface area contributed by atoms with Crippen LogP contribution in [0, 0.1) is 5.41 Å². The molecule has 0 unspecified atom stereocenters. The van der Waals surface area contributed by atoms with Crippen molar-refractivity contribution in [1.82, 2.24) is 5.32 Å². The maximum atomic E-state index is 12.1. The van der Waals surface area contributed by atoms with Crippen LogP contribution in [-0.2, 0) is 9.53 Å². The van der Waals surface area contributed by atoms with Crippen LogP contribution in [-0.4, -0.2) is 36.7 Å². The number of anilines is 1. The molecular formula is C14H18N2O4. The number of ether oxygens (including phenoxy) is 1. The van der Waals surface area contributed by atoms with E-state index in [1.165, 1.54) is 0 Å². The first-order valence-electron chi connectivity index (χ1n) is 6.49. The van der Waals surface area contributed by atoms with E-state index in [-0.39, 0.29) is 12.5 Å². The molecule has 0 saturated carbocycles. The second kappa shape index (κ2) is 5.92. The van der Waals surface area contributed by atoms with Gasteiger partial charge in [0.1, 0.15) is 0 Å². The normalized spacial score (nSPS) is 17.4. The number of nitrogen functional groups attached to an aromatic ring is 1. The molecule has 1 aromatic carbocycles. The second-order valence-electron chi connectivity index (χ2n) is 4.97. The van der Waals surface area contributed by atoms with E-state index < -0.39 is 11.4 Å². The third-order valence-electron chi connectivity index (χ3n) is 3.70. The molecule has 0 bridgehead atoms. The molecule has 0 spiro atoms. The van der Waals surface area contributed by atoms with Crippen molar-refractivity contribution in [3.63, 3.8) is 0 Å². The van der Waals surface area contributed by atoms with Gasteiger partial charge >= 0.3 is 5.97 Å². The summed E-state index contributed by atoms with van der Waals surface area (Å²) in [5.41, 5.74) is 5.52. The largest absolute Gasteiger partial charge is 0.481 e. The molecule has 6 heteroatoms. The standard InChI is InChI=1S/C14H18N2O4/c15-11-4-2-1-3-10(11)12(17)16-9-14(13(18)19)5-7-20-8-6-14/h1-4H,5-9,15H2,(H,16,17)(H,18,19). The highest BCUT2D eigenvalue weighted by Gasteiger charge is 2.40. The monoisotopic (exact) mass is 278 g/mol. The number of nitrogens with two attached hydrogens (primary N) is 1. The van der Waals surface area contributed by atoms with Crippen molar-refractivity contribution < 1.29 is 19.4 Å². The van der Waals surface area contributed by atoms with Crippen molar-refractivity contribution in [3.8, 4) is 0 Å². The van der Waals surface area contributed by atoms with Gasteiger partial charge in [0.05, 0.1) is 11.0 Å². The van der Waals surface area contributed by atoms with Gasteiger partial charge in [0.25, 0.3) is 5.91 Å². The number of carboxylic acid groups (broad SMARTS) is 1. The number of amides is 1. The fraction of sp³-hybridized carbons (Fsp3) is 0.429. The lowest BCUT2D eigenvalue weighted by molar-refractivity contribution is -0.154. The van der Waals surface area contributed by atoms with Crippen LogP contribution in [0.4, 0.5) is 5.69 Å². The predicted octanol–water partition coefficient (Wildman–Crippen LogP) is 0.880. The number of carbonyl (C=O) groups is 2. The van der Waals surface area contributed by atoms with E-state index >= 15 is 0 Å². The number of carbonyl (C=O) groups excluding carboxylic acids is 1. The molecule has 108 valence electrons. The second-order valence-corrected chi connectivity index (χ2v) is 4.97. The van der Waals surface area contributed by atoms with Gasteiger partial charge in [-0.1, -0.05) is 12.1 Å². The summed E-state index contributed by atoms with van der Waals surface area (Å²) in [5, 5.41) is 12.1. The molecule has 0 atom stereocenters. The first-order valence-corrected chi connectivity index (χ1v) is 6.49. The van der Waals surface area contributed by atoms with Crippen LogP contribution >= 0.6 is 0 Å². The third-order valence-corrected chi connectivity index (χ3v) is 3.70. The minimum Gasteiger partial charge on any atom is -0.481 e. The number of carboxylic acids is 1. The Labute approximate surface area is 116 Å². The van der Waals surface area contributed by atoms with E-state index in [0.29, 0.717) is 37.3 Å². The minimum absolute atomic E-state index is 0.0822. The number of benzene rings is 1. The Kier molecular flexibility index (Phi) is 4.24. The molecule has 2 rings (SSSR count). The van der Waals surface area contributed by atoms with Crippen molar-refractivity contribution in [2.24, 2.45) is 5.41 Å². The van der Waals surface area contributed by atoms with E-state index in [4.69, 9.17) is 10.5 Å². The van der Waals surface area contributed by atoms with E-state index in [1.807, 2.05) is 0 Å². The summed E-state index contributed by atoms with van der Waals surface area (Å²) in [6, 6.07) is 6.70. The Morgan fingerprint density at radius 2 is 1.95 bits per heavy atom. The molecule has 1 fully saturated rings. The van der Waals surface area contributed by atoms with Crippen molar-refractivity contribution in [2.45, 2.75) is 12.8 Å². The van der Waals surface area contributed by atoms with Gasteiger partial charge in [-0.05, 0) is 25.0 Å². The number of para-hydroxylation sites is 1. The number of hydrogen-bond acceptors (Lipinski definition) is 4. The van der Waals surface area contributed by atoms with E-state index in [0.717, 1.165) is 0 Å². The molecule has 1 aliphatic heterocycles. The maximum Gasteiger partial charge on any atom is 0.311 e. The zero-order valence-corrected chi connectivity index (χ0v) is 11.1. The Balaban J connectivity index is 2.05. The van der Waals surface area contributed by atoms with Crippen LogP contribution in [0.5, 0.6) is 0 Å². The fourth-order valence-corrected chi connectivity index (χ4v) is 2.28. The molecule has 1 aromatic rings. The van der Waals surface area contributed by atoms with Gasteiger partial charge in [-0.15, -0.1) is 0 Å². The van der Waals surface area contributed by atoms with Gasteiger partial charge in [-0.2, -0.15) is 0 Å². The van der Waals surface area contributed by atoms with Gasteiger partial charge in [-0.25, -0.2) is 0 Å². The minimum atomic E-state index is -0.947. The Morgan fingerprint density at radius 3 is 2.55 bits per heavy atom. The Morgan fingerprint density at radius 1 is 1.30 bits per heavy atom. The van der Waals surface area contributed by atoms with Crippen LogP contribution < -0.4 is 11.1 Å². The average molecular weight is 278 g/mol. The first kappa shape index (κ1) is 14.3. The lowest BCUT2D eigenvalue weighted by atomic mass is 9.80. The molecule has 1 aliphatic rings. The Bertz CT molecular complexity index is 510. The molecular weight excluding hydrogens is 260 g/mol. The molecule has 4 N–H and O–H groups in total. The zero-order valence-electron chi connectivity index (χ0n) is 11.1. The smallest absolute Gasteiger partial charge is 0.311 e. The topological polar surface area (TPSA) is 102 Å². The number of rotatable bonds is 4. The summed E-state index contributed by atoms with van der Waals surface area (Å²) in [7, 11) is 0. The number of aliphatic carboxylic acids is 1. The lowest BCUT2D eigenvalue weighted by Gasteiger charge is -2.33. The summed E-state index contributed by atoms with van der Waals surface area (Å²) in [4.78, 5) is 23.5. The van der Waals surface area contributed by atoms with Gasteiger partial charge in [0.15, 0.2) is 0 Å². The zero-order chi connectivity index (χ0) is 14.6. The van der Waals surface area contributed by atoms with Gasteiger partial charge in [0.2, 0.25) is 0 Å². The summed E-state index contributed by atoms with van der Waals surface area (Å²) in [6.45, 7) is 0.879. The average Bonchev–Trinajstić information content (AvgIpc) is 2.46. The summed E-state index contributed by atoms with van der Waals surface area (Å²) in [5.74, 6) is -1.25. The Hall–Kier alpha value is -2.08. The van der Waals surface area contributed by atoms with Gasteiger partial charge in [0, 0.05) is 25.4 Å².